The maximum atomic E-state index is 12.5. The monoisotopic (exact) mass is 412 g/mol. The van der Waals surface area contributed by atoms with Crippen molar-refractivity contribution >= 4 is 27.3 Å². The molecule has 0 radical (unpaired) electrons. The van der Waals surface area contributed by atoms with Gasteiger partial charge in [0.15, 0.2) is 6.61 Å². The molecule has 0 bridgehead atoms. The average molecular weight is 413 g/mol. The summed E-state index contributed by atoms with van der Waals surface area (Å²) in [7, 11) is -1.89. The Morgan fingerprint density at radius 1 is 1.07 bits per heavy atom. The van der Waals surface area contributed by atoms with E-state index >= 15 is 0 Å². The van der Waals surface area contributed by atoms with Crippen molar-refractivity contribution in [2.45, 2.75) is 24.6 Å². The Hall–Kier alpha value is -2.10. The minimum Gasteiger partial charge on any atom is -0.497 e. The Bertz CT molecular complexity index is 843. The lowest BCUT2D eigenvalue weighted by atomic mass is 10.3. The Labute approximate surface area is 164 Å². The van der Waals surface area contributed by atoms with E-state index in [1.54, 1.807) is 57.4 Å². The number of nitrogens with zero attached hydrogens (tertiary/aromatic N) is 1. The molecule has 1 heterocycles. The SMILES string of the molecule is CCN(CC)S(=O)(=O)c1ccc(CNC(=O)COc2ccc(OC)cc2)s1. The van der Waals surface area contributed by atoms with Gasteiger partial charge in [0.25, 0.3) is 15.9 Å². The number of thiophene rings is 1. The van der Waals surface area contributed by atoms with Crippen LogP contribution in [0.1, 0.15) is 18.7 Å². The number of rotatable bonds is 10. The maximum absolute atomic E-state index is 12.5. The predicted molar refractivity (Wildman–Crippen MR) is 105 cm³/mol. The van der Waals surface area contributed by atoms with Crippen LogP contribution < -0.4 is 14.8 Å². The summed E-state index contributed by atoms with van der Waals surface area (Å²) in [5.74, 6) is 0.988. The van der Waals surface area contributed by atoms with Crippen LogP contribution in [-0.2, 0) is 21.4 Å². The number of sulfonamides is 1. The van der Waals surface area contributed by atoms with Crippen molar-refractivity contribution in [1.82, 2.24) is 9.62 Å². The van der Waals surface area contributed by atoms with Crippen molar-refractivity contribution in [1.29, 1.82) is 0 Å². The van der Waals surface area contributed by atoms with Gasteiger partial charge in [-0.05, 0) is 36.4 Å². The highest BCUT2D eigenvalue weighted by molar-refractivity contribution is 7.91. The summed E-state index contributed by atoms with van der Waals surface area (Å²) in [4.78, 5) is 12.7. The minimum absolute atomic E-state index is 0.123. The molecule has 0 atom stereocenters. The number of hydrogen-bond donors (Lipinski definition) is 1. The fraction of sp³-hybridized carbons (Fsp3) is 0.389. The molecule has 0 aliphatic rings. The van der Waals surface area contributed by atoms with Gasteiger partial charge < -0.3 is 14.8 Å². The molecule has 2 rings (SSSR count). The molecule has 1 amide bonds. The molecule has 0 spiro atoms. The fourth-order valence-electron chi connectivity index (χ4n) is 2.34. The van der Waals surface area contributed by atoms with Crippen LogP contribution in [0.3, 0.4) is 0 Å². The first-order valence-corrected chi connectivity index (χ1v) is 10.8. The van der Waals surface area contributed by atoms with Gasteiger partial charge in [0, 0.05) is 18.0 Å². The first-order chi connectivity index (χ1) is 12.9. The molecule has 7 nitrogen and oxygen atoms in total. The van der Waals surface area contributed by atoms with Gasteiger partial charge >= 0.3 is 0 Å². The topological polar surface area (TPSA) is 84.9 Å². The maximum Gasteiger partial charge on any atom is 0.258 e. The van der Waals surface area contributed by atoms with Gasteiger partial charge in [-0.3, -0.25) is 4.79 Å². The van der Waals surface area contributed by atoms with E-state index in [0.29, 0.717) is 24.6 Å². The number of benzene rings is 1. The Kier molecular flexibility index (Phi) is 7.64. The molecule has 0 unspecified atom stereocenters. The Morgan fingerprint density at radius 2 is 1.70 bits per heavy atom. The van der Waals surface area contributed by atoms with Crippen LogP contribution in [0.5, 0.6) is 11.5 Å². The van der Waals surface area contributed by atoms with Crippen molar-refractivity contribution in [3.05, 3.63) is 41.3 Å². The first-order valence-electron chi connectivity index (χ1n) is 8.53. The summed E-state index contributed by atoms with van der Waals surface area (Å²) in [6.07, 6.45) is 0. The van der Waals surface area contributed by atoms with Crippen molar-refractivity contribution in [3.8, 4) is 11.5 Å². The summed E-state index contributed by atoms with van der Waals surface area (Å²) in [6.45, 7) is 4.58. The Balaban J connectivity index is 1.86. The Morgan fingerprint density at radius 3 is 2.30 bits per heavy atom. The van der Waals surface area contributed by atoms with Crippen LogP contribution in [0, 0.1) is 0 Å². The summed E-state index contributed by atoms with van der Waals surface area (Å²) in [5, 5.41) is 2.73. The molecule has 1 N–H and O–H groups in total. The highest BCUT2D eigenvalue weighted by Crippen LogP contribution is 2.24. The van der Waals surface area contributed by atoms with Gasteiger partial charge in [0.05, 0.1) is 13.7 Å². The molecule has 1 aromatic heterocycles. The third-order valence-electron chi connectivity index (χ3n) is 3.83. The molecular formula is C18H24N2O5S2. The van der Waals surface area contributed by atoms with Crippen molar-refractivity contribution in [2.75, 3.05) is 26.8 Å². The van der Waals surface area contributed by atoms with Gasteiger partial charge in [-0.1, -0.05) is 13.8 Å². The minimum atomic E-state index is -3.47. The molecule has 0 aliphatic carbocycles. The van der Waals surface area contributed by atoms with E-state index in [1.807, 2.05) is 0 Å². The number of hydrogen-bond acceptors (Lipinski definition) is 6. The summed E-state index contributed by atoms with van der Waals surface area (Å²) in [5.41, 5.74) is 0. The fourth-order valence-corrected chi connectivity index (χ4v) is 5.25. The highest BCUT2D eigenvalue weighted by atomic mass is 32.2. The number of methoxy groups -OCH3 is 1. The van der Waals surface area contributed by atoms with Crippen molar-refractivity contribution in [3.63, 3.8) is 0 Å². The second-order valence-electron chi connectivity index (χ2n) is 5.55. The van der Waals surface area contributed by atoms with Crippen LogP contribution in [0.4, 0.5) is 0 Å². The van der Waals surface area contributed by atoms with E-state index in [-0.39, 0.29) is 23.3 Å². The summed E-state index contributed by atoms with van der Waals surface area (Å²) in [6, 6.07) is 10.2. The van der Waals surface area contributed by atoms with Crippen LogP contribution in [0.25, 0.3) is 0 Å². The van der Waals surface area contributed by atoms with Crippen molar-refractivity contribution in [2.24, 2.45) is 0 Å². The largest absolute Gasteiger partial charge is 0.497 e. The van der Waals surface area contributed by atoms with E-state index in [1.165, 1.54) is 4.31 Å². The molecule has 0 saturated heterocycles. The van der Waals surface area contributed by atoms with E-state index < -0.39 is 10.0 Å². The second-order valence-corrected chi connectivity index (χ2v) is 8.88. The van der Waals surface area contributed by atoms with E-state index in [2.05, 4.69) is 5.32 Å². The molecule has 9 heteroatoms. The van der Waals surface area contributed by atoms with Gasteiger partial charge in [0.1, 0.15) is 15.7 Å². The zero-order valence-electron chi connectivity index (χ0n) is 15.6. The average Bonchev–Trinajstić information content (AvgIpc) is 3.16. The standard InChI is InChI=1S/C18H24N2O5S2/c1-4-20(5-2)27(22,23)18-11-10-16(26-18)12-19-17(21)13-25-15-8-6-14(24-3)7-9-15/h6-11H,4-5,12-13H2,1-3H3,(H,19,21). The van der Waals surface area contributed by atoms with Gasteiger partial charge in [-0.2, -0.15) is 4.31 Å². The van der Waals surface area contributed by atoms with E-state index in [9.17, 15) is 13.2 Å². The molecule has 0 aliphatic heterocycles. The first kappa shape index (κ1) is 21.2. The lowest BCUT2D eigenvalue weighted by Gasteiger charge is -2.16. The van der Waals surface area contributed by atoms with Crippen LogP contribution in [0.2, 0.25) is 0 Å². The molecule has 0 saturated carbocycles. The van der Waals surface area contributed by atoms with Gasteiger partial charge in [0.2, 0.25) is 0 Å². The number of ether oxygens (including phenoxy) is 2. The normalized spacial score (nSPS) is 11.4. The van der Waals surface area contributed by atoms with Crippen LogP contribution in [0.15, 0.2) is 40.6 Å². The molecular weight excluding hydrogens is 388 g/mol. The van der Waals surface area contributed by atoms with Gasteiger partial charge in [-0.25, -0.2) is 8.42 Å². The van der Waals surface area contributed by atoms with E-state index in [0.717, 1.165) is 16.2 Å². The number of carbonyl (C=O) groups is 1. The van der Waals surface area contributed by atoms with Gasteiger partial charge in [-0.15, -0.1) is 11.3 Å². The zero-order chi connectivity index (χ0) is 19.9. The summed E-state index contributed by atoms with van der Waals surface area (Å²) >= 11 is 1.16. The lowest BCUT2D eigenvalue weighted by Crippen LogP contribution is -2.30. The highest BCUT2D eigenvalue weighted by Gasteiger charge is 2.23. The van der Waals surface area contributed by atoms with Crippen LogP contribution >= 0.6 is 11.3 Å². The second kappa shape index (κ2) is 9.72. The van der Waals surface area contributed by atoms with Crippen LogP contribution in [-0.4, -0.2) is 45.4 Å². The molecule has 0 fully saturated rings. The molecule has 148 valence electrons. The zero-order valence-corrected chi connectivity index (χ0v) is 17.2. The number of amides is 1. The molecule has 2 aromatic rings. The molecule has 1 aromatic carbocycles. The number of nitrogens with one attached hydrogen (secondary N) is 1. The lowest BCUT2D eigenvalue weighted by molar-refractivity contribution is -0.123. The van der Waals surface area contributed by atoms with E-state index in [4.69, 9.17) is 9.47 Å². The van der Waals surface area contributed by atoms with Crippen molar-refractivity contribution < 1.29 is 22.7 Å². The third kappa shape index (κ3) is 5.69. The third-order valence-corrected chi connectivity index (χ3v) is 7.43. The smallest absolute Gasteiger partial charge is 0.258 e. The quantitative estimate of drug-likeness (QED) is 0.648. The number of carbonyl (C=O) groups excluding carboxylic acids is 1. The summed E-state index contributed by atoms with van der Waals surface area (Å²) < 4.78 is 37.1. The predicted octanol–water partition coefficient (Wildman–Crippen LogP) is 2.48. The molecule has 27 heavy (non-hydrogen) atoms.